The van der Waals surface area contributed by atoms with Crippen LogP contribution in [0.25, 0.3) is 22.0 Å². The van der Waals surface area contributed by atoms with Crippen LogP contribution in [-0.4, -0.2) is 42.5 Å². The molecule has 3 aromatic rings. The van der Waals surface area contributed by atoms with Gasteiger partial charge in [0.2, 0.25) is 5.88 Å². The largest absolute Gasteiger partial charge is 0.481 e. The maximum Gasteiger partial charge on any atom is 0.259 e. The molecule has 1 unspecified atom stereocenters. The Labute approximate surface area is 175 Å². The van der Waals surface area contributed by atoms with E-state index < -0.39 is 0 Å². The minimum atomic E-state index is -0.292. The molecule has 7 heteroatoms. The smallest absolute Gasteiger partial charge is 0.259 e. The molecule has 1 aliphatic heterocycles. The van der Waals surface area contributed by atoms with E-state index in [4.69, 9.17) is 14.9 Å². The summed E-state index contributed by atoms with van der Waals surface area (Å²) in [6, 6.07) is 8.04. The predicted molar refractivity (Wildman–Crippen MR) is 119 cm³/mol. The summed E-state index contributed by atoms with van der Waals surface area (Å²) in [6.45, 7) is 5.31. The molecule has 1 atom stereocenters. The van der Waals surface area contributed by atoms with Gasteiger partial charge in [0.15, 0.2) is 0 Å². The van der Waals surface area contributed by atoms with E-state index in [-0.39, 0.29) is 11.6 Å². The molecule has 1 aromatic carbocycles. The van der Waals surface area contributed by atoms with Gasteiger partial charge in [-0.2, -0.15) is 0 Å². The fourth-order valence-electron chi connectivity index (χ4n) is 4.12. The molecule has 1 fully saturated rings. The van der Waals surface area contributed by atoms with E-state index in [1.165, 1.54) is 0 Å². The van der Waals surface area contributed by atoms with Crippen LogP contribution < -0.4 is 15.6 Å². The molecule has 0 amide bonds. The summed E-state index contributed by atoms with van der Waals surface area (Å²) in [5.74, 6) is 0.558. The Morgan fingerprint density at radius 1 is 1.33 bits per heavy atom. The van der Waals surface area contributed by atoms with Crippen LogP contribution in [-0.2, 0) is 4.74 Å². The van der Waals surface area contributed by atoms with E-state index in [0.29, 0.717) is 29.3 Å². The first-order valence-electron chi connectivity index (χ1n) is 10.1. The highest BCUT2D eigenvalue weighted by atomic mass is 16.5. The van der Waals surface area contributed by atoms with Gasteiger partial charge in [-0.25, -0.2) is 4.98 Å². The van der Waals surface area contributed by atoms with Gasteiger partial charge in [0.05, 0.1) is 30.5 Å². The van der Waals surface area contributed by atoms with Gasteiger partial charge in [-0.3, -0.25) is 4.79 Å². The quantitative estimate of drug-likeness (QED) is 0.560. The third kappa shape index (κ3) is 3.68. The van der Waals surface area contributed by atoms with Gasteiger partial charge in [0.1, 0.15) is 0 Å². The summed E-state index contributed by atoms with van der Waals surface area (Å²) in [6.07, 6.45) is 3.05. The second-order valence-corrected chi connectivity index (χ2v) is 7.67. The summed E-state index contributed by atoms with van der Waals surface area (Å²) in [5.41, 5.74) is 5.16. The Hall–Kier alpha value is -3.19. The monoisotopic (exact) mass is 406 g/mol. The first kappa shape index (κ1) is 20.1. The van der Waals surface area contributed by atoms with Crippen LogP contribution in [0.2, 0.25) is 0 Å². The minimum absolute atomic E-state index is 0.116. The molecule has 3 N–H and O–H groups in total. The van der Waals surface area contributed by atoms with E-state index in [2.05, 4.69) is 15.3 Å². The van der Waals surface area contributed by atoms with Gasteiger partial charge in [-0.15, -0.1) is 0 Å². The van der Waals surface area contributed by atoms with Crippen molar-refractivity contribution in [2.45, 2.75) is 32.7 Å². The zero-order valence-corrected chi connectivity index (χ0v) is 17.5. The van der Waals surface area contributed by atoms with Crippen LogP contribution in [0.4, 0.5) is 5.69 Å². The van der Waals surface area contributed by atoms with Gasteiger partial charge in [-0.1, -0.05) is 12.1 Å². The Kier molecular flexibility index (Phi) is 5.55. The van der Waals surface area contributed by atoms with Crippen LogP contribution in [0.5, 0.6) is 5.88 Å². The minimum Gasteiger partial charge on any atom is -0.481 e. The van der Waals surface area contributed by atoms with Crippen molar-refractivity contribution in [3.8, 4) is 17.0 Å². The number of aromatic nitrogens is 2. The number of hydrogen-bond acceptors (Lipinski definition) is 6. The zero-order chi connectivity index (χ0) is 21.3. The third-order valence-electron chi connectivity index (χ3n) is 5.50. The molecule has 0 radical (unpaired) electrons. The number of methoxy groups -OCH3 is 1. The lowest BCUT2D eigenvalue weighted by Gasteiger charge is -2.25. The lowest BCUT2D eigenvalue weighted by atomic mass is 9.98. The predicted octanol–water partition coefficient (Wildman–Crippen LogP) is 3.80. The number of aromatic amines is 1. The average Bonchev–Trinajstić information content (AvgIpc) is 2.73. The summed E-state index contributed by atoms with van der Waals surface area (Å²) < 4.78 is 11.1. The lowest BCUT2D eigenvalue weighted by Crippen LogP contribution is -2.31. The molecule has 156 valence electrons. The number of ether oxygens (including phenoxy) is 2. The average molecular weight is 406 g/mol. The molecule has 0 bridgehead atoms. The Balaban J connectivity index is 1.87. The van der Waals surface area contributed by atoms with Gasteiger partial charge in [-0.05, 0) is 49.9 Å². The van der Waals surface area contributed by atoms with Gasteiger partial charge < -0.3 is 25.2 Å². The number of nitrogens with zero attached hydrogens (tertiary/aromatic N) is 1. The molecule has 0 spiro atoms. The molecule has 1 saturated heterocycles. The molecule has 1 aliphatic rings. The number of anilines is 1. The van der Waals surface area contributed by atoms with Crippen molar-refractivity contribution in [3.63, 3.8) is 0 Å². The first-order valence-corrected chi connectivity index (χ1v) is 10.1. The molecular formula is C23H26N4O3. The summed E-state index contributed by atoms with van der Waals surface area (Å²) >= 11 is 0. The third-order valence-corrected chi connectivity index (χ3v) is 5.50. The van der Waals surface area contributed by atoms with E-state index in [9.17, 15) is 4.79 Å². The Morgan fingerprint density at radius 2 is 2.17 bits per heavy atom. The van der Waals surface area contributed by atoms with Gasteiger partial charge in [0.25, 0.3) is 5.56 Å². The van der Waals surface area contributed by atoms with E-state index >= 15 is 0 Å². The molecule has 2 aromatic heterocycles. The van der Waals surface area contributed by atoms with Crippen molar-refractivity contribution in [1.29, 1.82) is 5.41 Å². The van der Waals surface area contributed by atoms with Crippen LogP contribution in [0.1, 0.15) is 29.7 Å². The van der Waals surface area contributed by atoms with Crippen LogP contribution in [0, 0.1) is 19.3 Å². The van der Waals surface area contributed by atoms with Crippen molar-refractivity contribution in [2.24, 2.45) is 0 Å². The van der Waals surface area contributed by atoms with Crippen molar-refractivity contribution >= 4 is 22.8 Å². The normalized spacial score (nSPS) is 16.4. The van der Waals surface area contributed by atoms with Crippen molar-refractivity contribution in [1.82, 2.24) is 9.97 Å². The highest BCUT2D eigenvalue weighted by Crippen LogP contribution is 2.35. The lowest BCUT2D eigenvalue weighted by molar-refractivity contribution is 0.0876. The second kappa shape index (κ2) is 8.28. The standard InChI is InChI=1S/C23H26N4O3/c1-13-9-14(2)25-23(29-3)20(13)15-6-7-17-19(10-15)27-22(28)18(11-24)21(17)26-16-5-4-8-30-12-16/h6-7,9-11,16,24H,4-5,8,12H2,1-3H3,(H2,26,27,28). The molecule has 30 heavy (non-hydrogen) atoms. The van der Waals surface area contributed by atoms with Crippen LogP contribution in [0.3, 0.4) is 0 Å². The second-order valence-electron chi connectivity index (χ2n) is 7.67. The number of rotatable bonds is 5. The zero-order valence-electron chi connectivity index (χ0n) is 17.5. The molecular weight excluding hydrogens is 380 g/mol. The molecule has 7 nitrogen and oxygen atoms in total. The number of hydrogen-bond donors (Lipinski definition) is 3. The molecule has 0 aliphatic carbocycles. The SMILES string of the molecule is COc1nc(C)cc(C)c1-c1ccc2c(NC3CCCOC3)c(C=N)c(=O)[nH]c2c1. The van der Waals surface area contributed by atoms with Crippen LogP contribution in [0.15, 0.2) is 29.1 Å². The molecule has 4 rings (SSSR count). The highest BCUT2D eigenvalue weighted by Gasteiger charge is 2.19. The Morgan fingerprint density at radius 3 is 2.87 bits per heavy atom. The van der Waals surface area contributed by atoms with Gasteiger partial charge >= 0.3 is 0 Å². The fourth-order valence-corrected chi connectivity index (χ4v) is 4.12. The number of pyridine rings is 2. The van der Waals surface area contributed by atoms with Crippen molar-refractivity contribution in [3.05, 3.63) is 51.4 Å². The molecule has 0 saturated carbocycles. The maximum atomic E-state index is 12.7. The first-order chi connectivity index (χ1) is 14.5. The summed E-state index contributed by atoms with van der Waals surface area (Å²) in [4.78, 5) is 20.1. The summed E-state index contributed by atoms with van der Waals surface area (Å²) in [5, 5.41) is 12.1. The van der Waals surface area contributed by atoms with Gasteiger partial charge in [0, 0.05) is 35.5 Å². The number of fused-ring (bicyclic) bond motifs is 1. The van der Waals surface area contributed by atoms with Crippen LogP contribution >= 0.6 is 0 Å². The van der Waals surface area contributed by atoms with Crippen molar-refractivity contribution < 1.29 is 9.47 Å². The van der Waals surface area contributed by atoms with E-state index in [0.717, 1.165) is 53.4 Å². The summed E-state index contributed by atoms with van der Waals surface area (Å²) in [7, 11) is 1.61. The topological polar surface area (TPSA) is 100 Å². The molecule has 3 heterocycles. The number of benzene rings is 1. The fraction of sp³-hybridized carbons (Fsp3) is 0.348. The van der Waals surface area contributed by atoms with Crippen molar-refractivity contribution in [2.75, 3.05) is 25.6 Å². The number of nitrogens with one attached hydrogen (secondary N) is 3. The Bertz CT molecular complexity index is 1160. The van der Waals surface area contributed by atoms with E-state index in [1.54, 1.807) is 7.11 Å². The number of H-pyrrole nitrogens is 1. The highest BCUT2D eigenvalue weighted by molar-refractivity contribution is 6.02. The maximum absolute atomic E-state index is 12.7. The van der Waals surface area contributed by atoms with E-state index in [1.807, 2.05) is 38.1 Å². The number of aryl methyl sites for hydroxylation is 2.